The molecule has 1 N–H and O–H groups in total. The smallest absolute Gasteiger partial charge is 0.255 e. The Labute approximate surface area is 223 Å². The van der Waals surface area contributed by atoms with Crippen molar-refractivity contribution >= 4 is 33.0 Å². The summed E-state index contributed by atoms with van der Waals surface area (Å²) in [5, 5.41) is 14.9. The standard InChI is InChI=1S/C30H24N6OS/c1-19-27(26-11-7-8-14-36(26)34-19)29(37)32-20(2)28-24(22-9-5-4-6-10-22)15-25-23(18-38-30(25)33-28)13-12-21-16-31-35(3)17-21/h4-11,14-18,20H,1-3H3,(H,32,37)/t20-/m0/s1. The number of nitrogens with zero attached hydrogens (tertiary/aromatic N) is 5. The van der Waals surface area contributed by atoms with Crippen molar-refractivity contribution in [1.29, 1.82) is 0 Å². The van der Waals surface area contributed by atoms with Gasteiger partial charge in [-0.05, 0) is 37.6 Å². The molecule has 0 saturated carbocycles. The number of carbonyl (C=O) groups is 1. The molecule has 0 spiro atoms. The van der Waals surface area contributed by atoms with E-state index in [1.165, 1.54) is 0 Å². The first-order chi connectivity index (χ1) is 18.5. The number of hydrogen-bond acceptors (Lipinski definition) is 5. The van der Waals surface area contributed by atoms with E-state index in [1.807, 2.05) is 75.1 Å². The normalized spacial score (nSPS) is 11.9. The number of rotatable bonds is 4. The average molecular weight is 517 g/mol. The van der Waals surface area contributed by atoms with Crippen molar-refractivity contribution in [3.63, 3.8) is 0 Å². The van der Waals surface area contributed by atoms with Gasteiger partial charge in [-0.1, -0.05) is 48.2 Å². The van der Waals surface area contributed by atoms with E-state index >= 15 is 0 Å². The Hall–Kier alpha value is -4.74. The Morgan fingerprint density at radius 2 is 1.92 bits per heavy atom. The van der Waals surface area contributed by atoms with Gasteiger partial charge in [-0.3, -0.25) is 9.48 Å². The van der Waals surface area contributed by atoms with Crippen LogP contribution in [0.5, 0.6) is 0 Å². The summed E-state index contributed by atoms with van der Waals surface area (Å²) in [7, 11) is 1.87. The van der Waals surface area contributed by atoms with Crippen molar-refractivity contribution in [3.05, 3.63) is 107 Å². The van der Waals surface area contributed by atoms with Crippen molar-refractivity contribution in [2.75, 3.05) is 0 Å². The summed E-state index contributed by atoms with van der Waals surface area (Å²) >= 11 is 1.55. The molecule has 7 nitrogen and oxygen atoms in total. The molecule has 6 aromatic rings. The van der Waals surface area contributed by atoms with Crippen molar-refractivity contribution in [3.8, 4) is 23.0 Å². The lowest BCUT2D eigenvalue weighted by molar-refractivity contribution is 0.0940. The maximum absolute atomic E-state index is 13.4. The van der Waals surface area contributed by atoms with Crippen molar-refractivity contribution in [1.82, 2.24) is 29.7 Å². The summed E-state index contributed by atoms with van der Waals surface area (Å²) in [6, 6.07) is 17.6. The number of pyridine rings is 2. The van der Waals surface area contributed by atoms with Crippen LogP contribution in [0.3, 0.4) is 0 Å². The second kappa shape index (κ2) is 9.61. The first-order valence-corrected chi connectivity index (χ1v) is 13.1. The van der Waals surface area contributed by atoms with E-state index in [9.17, 15) is 4.79 Å². The highest BCUT2D eigenvalue weighted by atomic mass is 32.1. The molecule has 6 rings (SSSR count). The van der Waals surface area contributed by atoms with Crippen LogP contribution in [0.2, 0.25) is 0 Å². The Morgan fingerprint density at radius 1 is 1.11 bits per heavy atom. The summed E-state index contributed by atoms with van der Waals surface area (Å²) in [5.41, 5.74) is 6.61. The molecular weight excluding hydrogens is 492 g/mol. The molecule has 5 heterocycles. The number of hydrogen-bond donors (Lipinski definition) is 1. The first-order valence-electron chi connectivity index (χ1n) is 12.2. The summed E-state index contributed by atoms with van der Waals surface area (Å²) in [5.74, 6) is 6.31. The summed E-state index contributed by atoms with van der Waals surface area (Å²) in [4.78, 5) is 19.4. The average Bonchev–Trinajstić information content (AvgIpc) is 3.62. The third-order valence-electron chi connectivity index (χ3n) is 6.43. The van der Waals surface area contributed by atoms with E-state index in [0.717, 1.165) is 43.7 Å². The number of carbonyl (C=O) groups excluding carboxylic acids is 1. The number of thiophene rings is 1. The molecule has 8 heteroatoms. The van der Waals surface area contributed by atoms with Crippen LogP contribution in [-0.4, -0.2) is 30.3 Å². The fourth-order valence-electron chi connectivity index (χ4n) is 4.61. The fourth-order valence-corrected chi connectivity index (χ4v) is 5.47. The van der Waals surface area contributed by atoms with Gasteiger partial charge in [-0.15, -0.1) is 11.3 Å². The molecule has 0 unspecified atom stereocenters. The van der Waals surface area contributed by atoms with Crippen molar-refractivity contribution < 1.29 is 4.79 Å². The van der Waals surface area contributed by atoms with Crippen LogP contribution in [0.4, 0.5) is 0 Å². The van der Waals surface area contributed by atoms with E-state index in [2.05, 4.69) is 45.6 Å². The Morgan fingerprint density at radius 3 is 2.71 bits per heavy atom. The molecule has 0 aliphatic heterocycles. The van der Waals surface area contributed by atoms with Crippen LogP contribution in [0.1, 0.15) is 45.8 Å². The molecule has 0 radical (unpaired) electrons. The maximum Gasteiger partial charge on any atom is 0.255 e. The SMILES string of the molecule is Cc1nn2ccccc2c1C(=O)N[C@@H](C)c1nc2scc(C#Cc3cnn(C)c3)c2cc1-c1ccccc1. The van der Waals surface area contributed by atoms with E-state index in [-0.39, 0.29) is 11.9 Å². The summed E-state index contributed by atoms with van der Waals surface area (Å²) in [6.45, 7) is 3.82. The molecule has 1 atom stereocenters. The fraction of sp³-hybridized carbons (Fsp3) is 0.133. The van der Waals surface area contributed by atoms with Gasteiger partial charge < -0.3 is 5.32 Å². The number of fused-ring (bicyclic) bond motifs is 2. The van der Waals surface area contributed by atoms with Gasteiger partial charge in [-0.25, -0.2) is 9.50 Å². The minimum atomic E-state index is -0.341. The molecule has 0 aliphatic carbocycles. The number of aromatic nitrogens is 5. The molecule has 5 aromatic heterocycles. The Balaban J connectivity index is 1.40. The van der Waals surface area contributed by atoms with Gasteiger partial charge in [0.25, 0.3) is 5.91 Å². The van der Waals surface area contributed by atoms with Crippen LogP contribution >= 0.6 is 11.3 Å². The molecule has 186 valence electrons. The van der Waals surface area contributed by atoms with Gasteiger partial charge in [-0.2, -0.15) is 10.2 Å². The second-order valence-electron chi connectivity index (χ2n) is 9.13. The zero-order chi connectivity index (χ0) is 26.2. The molecule has 0 bridgehead atoms. The summed E-state index contributed by atoms with van der Waals surface area (Å²) < 4.78 is 3.47. The molecule has 1 amide bonds. The van der Waals surface area contributed by atoms with Crippen molar-refractivity contribution in [2.45, 2.75) is 19.9 Å². The van der Waals surface area contributed by atoms with Crippen LogP contribution in [0, 0.1) is 18.8 Å². The van der Waals surface area contributed by atoms with Crippen LogP contribution in [-0.2, 0) is 7.05 Å². The Kier molecular flexibility index (Phi) is 5.98. The van der Waals surface area contributed by atoms with E-state index in [4.69, 9.17) is 4.98 Å². The number of nitrogens with one attached hydrogen (secondary N) is 1. The summed E-state index contributed by atoms with van der Waals surface area (Å²) in [6.07, 6.45) is 5.49. The lowest BCUT2D eigenvalue weighted by Gasteiger charge is -2.18. The van der Waals surface area contributed by atoms with E-state index in [0.29, 0.717) is 11.3 Å². The van der Waals surface area contributed by atoms with Gasteiger partial charge in [0.05, 0.1) is 40.3 Å². The highest BCUT2D eigenvalue weighted by molar-refractivity contribution is 7.17. The second-order valence-corrected chi connectivity index (χ2v) is 9.99. The molecule has 1 aromatic carbocycles. The van der Waals surface area contributed by atoms with Gasteiger partial charge in [0, 0.05) is 41.3 Å². The first kappa shape index (κ1) is 23.6. The monoisotopic (exact) mass is 516 g/mol. The Bertz CT molecular complexity index is 1870. The zero-order valence-corrected chi connectivity index (χ0v) is 22.0. The minimum absolute atomic E-state index is 0.175. The van der Waals surface area contributed by atoms with Crippen molar-refractivity contribution in [2.24, 2.45) is 7.05 Å². The number of aryl methyl sites for hydroxylation is 2. The topological polar surface area (TPSA) is 77.1 Å². The maximum atomic E-state index is 13.4. The molecule has 0 fully saturated rings. The van der Waals surface area contributed by atoms with Gasteiger partial charge in [0.15, 0.2) is 0 Å². The quantitative estimate of drug-likeness (QED) is 0.312. The highest BCUT2D eigenvalue weighted by Crippen LogP contribution is 2.34. The minimum Gasteiger partial charge on any atom is -0.344 e. The number of amides is 1. The molecule has 38 heavy (non-hydrogen) atoms. The van der Waals surface area contributed by atoms with Crippen LogP contribution in [0.25, 0.3) is 26.9 Å². The molecule has 0 saturated heterocycles. The predicted molar refractivity (Wildman–Crippen MR) is 150 cm³/mol. The third kappa shape index (κ3) is 4.33. The van der Waals surface area contributed by atoms with Gasteiger partial charge >= 0.3 is 0 Å². The highest BCUT2D eigenvalue weighted by Gasteiger charge is 2.22. The van der Waals surface area contributed by atoms with Crippen LogP contribution < -0.4 is 5.32 Å². The zero-order valence-electron chi connectivity index (χ0n) is 21.1. The lowest BCUT2D eigenvalue weighted by Crippen LogP contribution is -2.28. The van der Waals surface area contributed by atoms with Crippen LogP contribution in [0.15, 0.2) is 78.6 Å². The number of benzene rings is 1. The molecular formula is C30H24N6OS. The molecule has 0 aliphatic rings. The lowest BCUT2D eigenvalue weighted by atomic mass is 9.98. The van der Waals surface area contributed by atoms with Gasteiger partial charge in [0.1, 0.15) is 4.83 Å². The van der Waals surface area contributed by atoms with Gasteiger partial charge in [0.2, 0.25) is 0 Å². The van der Waals surface area contributed by atoms with E-state index < -0.39 is 0 Å². The third-order valence-corrected chi connectivity index (χ3v) is 7.31. The predicted octanol–water partition coefficient (Wildman–Crippen LogP) is 5.54. The largest absolute Gasteiger partial charge is 0.344 e. The van der Waals surface area contributed by atoms with E-state index in [1.54, 1.807) is 26.7 Å².